The quantitative estimate of drug-likeness (QED) is 0.819. The molecule has 1 aromatic carbocycles. The Kier molecular flexibility index (Phi) is 4.77. The van der Waals surface area contributed by atoms with Crippen LogP contribution in [0.25, 0.3) is 0 Å². The first-order valence-corrected chi connectivity index (χ1v) is 8.44. The lowest BCUT2D eigenvalue weighted by Gasteiger charge is -2.12. The molecule has 0 bridgehead atoms. The Morgan fingerprint density at radius 2 is 1.78 bits per heavy atom. The Morgan fingerprint density at radius 1 is 1.17 bits per heavy atom. The molecule has 0 amide bonds. The van der Waals surface area contributed by atoms with Gasteiger partial charge in [0, 0.05) is 17.3 Å². The first kappa shape index (κ1) is 14.0. The molecule has 100 valence electrons. The fourth-order valence-electron chi connectivity index (χ4n) is 2.18. The number of quaternary nitrogens is 1. The second-order valence-electron chi connectivity index (χ2n) is 4.56. The van der Waals surface area contributed by atoms with E-state index in [9.17, 15) is 8.42 Å². The van der Waals surface area contributed by atoms with E-state index in [1.807, 2.05) is 0 Å². The van der Waals surface area contributed by atoms with Crippen molar-refractivity contribution in [3.05, 3.63) is 28.7 Å². The summed E-state index contributed by atoms with van der Waals surface area (Å²) in [5, 5.41) is 0. The van der Waals surface area contributed by atoms with Crippen LogP contribution in [0.2, 0.25) is 0 Å². The maximum absolute atomic E-state index is 12.0. The zero-order valence-electron chi connectivity index (χ0n) is 10.2. The lowest BCUT2D eigenvalue weighted by Crippen LogP contribution is -3.10. The van der Waals surface area contributed by atoms with Crippen molar-refractivity contribution in [3.8, 4) is 0 Å². The molecule has 1 fully saturated rings. The highest BCUT2D eigenvalue weighted by Crippen LogP contribution is 2.14. The molecule has 0 saturated carbocycles. The monoisotopic (exact) mass is 333 g/mol. The van der Waals surface area contributed by atoms with Gasteiger partial charge in [0.25, 0.3) is 0 Å². The van der Waals surface area contributed by atoms with Crippen LogP contribution in [0.3, 0.4) is 0 Å². The number of hydrogen-bond donors (Lipinski definition) is 2. The minimum Gasteiger partial charge on any atom is -0.334 e. The third kappa shape index (κ3) is 3.78. The van der Waals surface area contributed by atoms with E-state index in [1.165, 1.54) is 30.8 Å². The van der Waals surface area contributed by atoms with Gasteiger partial charge in [0.05, 0.1) is 31.1 Å². The molecule has 1 aliphatic rings. The third-order valence-electron chi connectivity index (χ3n) is 3.21. The summed E-state index contributed by atoms with van der Waals surface area (Å²) < 4.78 is 27.5. The van der Waals surface area contributed by atoms with Crippen LogP contribution in [0.1, 0.15) is 12.8 Å². The van der Waals surface area contributed by atoms with Gasteiger partial charge in [-0.2, -0.15) is 0 Å². The van der Waals surface area contributed by atoms with Gasteiger partial charge in [-0.25, -0.2) is 13.1 Å². The van der Waals surface area contributed by atoms with Gasteiger partial charge in [-0.1, -0.05) is 15.9 Å². The van der Waals surface area contributed by atoms with E-state index < -0.39 is 10.0 Å². The molecule has 0 unspecified atom stereocenters. The average Bonchev–Trinajstić information content (AvgIpc) is 2.82. The number of sulfonamides is 1. The molecule has 2 rings (SSSR count). The van der Waals surface area contributed by atoms with Gasteiger partial charge in [0.1, 0.15) is 0 Å². The topological polar surface area (TPSA) is 50.6 Å². The highest BCUT2D eigenvalue weighted by molar-refractivity contribution is 9.10. The smallest absolute Gasteiger partial charge is 0.240 e. The molecule has 4 nitrogen and oxygen atoms in total. The van der Waals surface area contributed by atoms with Crippen molar-refractivity contribution < 1.29 is 13.3 Å². The van der Waals surface area contributed by atoms with E-state index in [0.29, 0.717) is 11.4 Å². The van der Waals surface area contributed by atoms with Crippen LogP contribution in [0.15, 0.2) is 33.6 Å². The fourth-order valence-corrected chi connectivity index (χ4v) is 3.48. The highest BCUT2D eigenvalue weighted by atomic mass is 79.9. The summed E-state index contributed by atoms with van der Waals surface area (Å²) in [6.45, 7) is 3.71. The van der Waals surface area contributed by atoms with E-state index in [0.717, 1.165) is 11.0 Å². The molecule has 0 atom stereocenters. The largest absolute Gasteiger partial charge is 0.334 e. The van der Waals surface area contributed by atoms with E-state index in [4.69, 9.17) is 0 Å². The standard InChI is InChI=1S/C12H17BrN2O2S/c13-11-3-5-12(6-4-11)18(16,17)14-7-10-15-8-1-2-9-15/h3-6,14H,1-2,7-10H2/p+1. The number of nitrogens with one attached hydrogen (secondary N) is 2. The maximum Gasteiger partial charge on any atom is 0.240 e. The van der Waals surface area contributed by atoms with Crippen molar-refractivity contribution >= 4 is 26.0 Å². The van der Waals surface area contributed by atoms with Crippen molar-refractivity contribution in [1.82, 2.24) is 4.72 Å². The number of hydrogen-bond acceptors (Lipinski definition) is 2. The number of rotatable bonds is 5. The second-order valence-corrected chi connectivity index (χ2v) is 7.24. The molecule has 0 spiro atoms. The summed E-state index contributed by atoms with van der Waals surface area (Å²) in [5.74, 6) is 0. The normalized spacial score (nSPS) is 17.2. The Balaban J connectivity index is 1.88. The van der Waals surface area contributed by atoms with Crippen LogP contribution < -0.4 is 9.62 Å². The molecule has 1 saturated heterocycles. The Hall–Kier alpha value is -0.430. The zero-order valence-corrected chi connectivity index (χ0v) is 12.6. The van der Waals surface area contributed by atoms with Crippen molar-refractivity contribution in [3.63, 3.8) is 0 Å². The van der Waals surface area contributed by atoms with Gasteiger partial charge in [-0.05, 0) is 24.3 Å². The van der Waals surface area contributed by atoms with E-state index in [-0.39, 0.29) is 0 Å². The molecule has 1 heterocycles. The SMILES string of the molecule is O=S(=O)(NCC[NH+]1CCCC1)c1ccc(Br)cc1. The molecule has 0 aliphatic carbocycles. The van der Waals surface area contributed by atoms with Crippen LogP contribution in [0.5, 0.6) is 0 Å². The van der Waals surface area contributed by atoms with Gasteiger partial charge in [0.15, 0.2) is 0 Å². The van der Waals surface area contributed by atoms with E-state index in [1.54, 1.807) is 24.3 Å². The van der Waals surface area contributed by atoms with Gasteiger partial charge in [-0.3, -0.25) is 0 Å². The fraction of sp³-hybridized carbons (Fsp3) is 0.500. The van der Waals surface area contributed by atoms with Crippen molar-refractivity contribution in [2.24, 2.45) is 0 Å². The van der Waals surface area contributed by atoms with Crippen molar-refractivity contribution in [2.45, 2.75) is 17.7 Å². The maximum atomic E-state index is 12.0. The molecular formula is C12H18BrN2O2S+. The highest BCUT2D eigenvalue weighted by Gasteiger charge is 2.17. The average molecular weight is 334 g/mol. The molecular weight excluding hydrogens is 316 g/mol. The molecule has 0 radical (unpaired) electrons. The third-order valence-corrected chi connectivity index (χ3v) is 5.21. The van der Waals surface area contributed by atoms with Gasteiger partial charge in [-0.15, -0.1) is 0 Å². The summed E-state index contributed by atoms with van der Waals surface area (Å²) >= 11 is 3.29. The molecule has 1 aromatic rings. The Morgan fingerprint density at radius 3 is 2.39 bits per heavy atom. The summed E-state index contributed by atoms with van der Waals surface area (Å²) in [4.78, 5) is 1.82. The molecule has 0 aromatic heterocycles. The predicted octanol–water partition coefficient (Wildman–Crippen LogP) is 0.406. The number of benzene rings is 1. The van der Waals surface area contributed by atoms with Crippen LogP contribution >= 0.6 is 15.9 Å². The minimum absolute atomic E-state index is 0.321. The first-order valence-electron chi connectivity index (χ1n) is 6.17. The van der Waals surface area contributed by atoms with Crippen LogP contribution in [0.4, 0.5) is 0 Å². The summed E-state index contributed by atoms with van der Waals surface area (Å²) in [5.41, 5.74) is 0. The van der Waals surface area contributed by atoms with E-state index >= 15 is 0 Å². The van der Waals surface area contributed by atoms with Crippen molar-refractivity contribution in [2.75, 3.05) is 26.2 Å². The van der Waals surface area contributed by atoms with Gasteiger partial charge >= 0.3 is 0 Å². The lowest BCUT2D eigenvalue weighted by atomic mass is 10.4. The number of halogens is 1. The number of likely N-dealkylation sites (tertiary alicyclic amines) is 1. The first-order chi connectivity index (χ1) is 8.58. The van der Waals surface area contributed by atoms with E-state index in [2.05, 4.69) is 20.7 Å². The van der Waals surface area contributed by atoms with Crippen LogP contribution in [-0.2, 0) is 10.0 Å². The van der Waals surface area contributed by atoms with Crippen LogP contribution in [-0.4, -0.2) is 34.6 Å². The molecule has 2 N–H and O–H groups in total. The van der Waals surface area contributed by atoms with Gasteiger partial charge < -0.3 is 4.90 Å². The minimum atomic E-state index is -3.35. The Labute approximate surface area is 117 Å². The lowest BCUT2D eigenvalue weighted by molar-refractivity contribution is -0.886. The molecule has 6 heteroatoms. The van der Waals surface area contributed by atoms with Gasteiger partial charge in [0.2, 0.25) is 10.0 Å². The molecule has 18 heavy (non-hydrogen) atoms. The summed E-state index contributed by atoms with van der Waals surface area (Å²) in [6, 6.07) is 6.69. The zero-order chi connectivity index (χ0) is 13.0. The second kappa shape index (κ2) is 6.14. The predicted molar refractivity (Wildman–Crippen MR) is 74.1 cm³/mol. The summed E-state index contributed by atoms with van der Waals surface area (Å²) in [7, 11) is -3.35. The van der Waals surface area contributed by atoms with Crippen molar-refractivity contribution in [1.29, 1.82) is 0 Å². The Bertz CT molecular complexity index is 481. The van der Waals surface area contributed by atoms with Crippen LogP contribution in [0, 0.1) is 0 Å². The molecule has 1 aliphatic heterocycles. The summed E-state index contributed by atoms with van der Waals surface area (Å²) in [6.07, 6.45) is 2.52.